The molecule has 0 aromatic heterocycles. The van der Waals surface area contributed by atoms with E-state index in [-0.39, 0.29) is 11.6 Å². The Morgan fingerprint density at radius 2 is 1.88 bits per heavy atom. The van der Waals surface area contributed by atoms with Gasteiger partial charge in [-0.3, -0.25) is 9.59 Å². The molecule has 0 saturated carbocycles. The molecule has 4 nitrogen and oxygen atoms in total. The van der Waals surface area contributed by atoms with E-state index in [0.29, 0.717) is 12.5 Å². The minimum Gasteiger partial charge on any atom is -0.320 e. The van der Waals surface area contributed by atoms with Crippen molar-refractivity contribution in [1.29, 1.82) is 0 Å². The number of benzene rings is 2. The Kier molecular flexibility index (Phi) is 4.88. The first kappa shape index (κ1) is 16.8. The summed E-state index contributed by atoms with van der Waals surface area (Å²) in [6.07, 6.45) is 4.27. The van der Waals surface area contributed by atoms with Gasteiger partial charge in [-0.05, 0) is 42.3 Å². The molecule has 6 heteroatoms. The van der Waals surface area contributed by atoms with E-state index >= 15 is 0 Å². The average Bonchev–Trinajstić information content (AvgIpc) is 3.02. The van der Waals surface area contributed by atoms with Gasteiger partial charge in [-0.15, -0.1) is 0 Å². The van der Waals surface area contributed by atoms with Gasteiger partial charge in [-0.2, -0.15) is 0 Å². The summed E-state index contributed by atoms with van der Waals surface area (Å²) in [5, 5.41) is 2.35. The molecule has 2 aromatic carbocycles. The van der Waals surface area contributed by atoms with Crippen molar-refractivity contribution in [3.63, 3.8) is 0 Å². The molecule has 3 rings (SSSR count). The molecule has 1 aliphatic rings. The van der Waals surface area contributed by atoms with Crippen molar-refractivity contribution in [2.75, 3.05) is 16.8 Å². The van der Waals surface area contributed by atoms with Crippen molar-refractivity contribution in [2.24, 2.45) is 0 Å². The monoisotopic (exact) mass is 342 g/mol. The first-order chi connectivity index (χ1) is 12.0. The molecule has 1 fully saturated rings. The lowest BCUT2D eigenvalue weighted by Crippen LogP contribution is -2.23. The largest absolute Gasteiger partial charge is 0.320 e. The van der Waals surface area contributed by atoms with E-state index in [1.54, 1.807) is 23.1 Å². The van der Waals surface area contributed by atoms with E-state index in [1.165, 1.54) is 6.08 Å². The van der Waals surface area contributed by atoms with Crippen molar-refractivity contribution in [2.45, 2.75) is 12.8 Å². The minimum atomic E-state index is -0.832. The number of hydrogen-bond acceptors (Lipinski definition) is 2. The highest BCUT2D eigenvalue weighted by molar-refractivity contribution is 6.02. The molecule has 2 amide bonds. The van der Waals surface area contributed by atoms with Crippen LogP contribution < -0.4 is 10.2 Å². The Morgan fingerprint density at radius 3 is 2.52 bits per heavy atom. The fourth-order valence-corrected chi connectivity index (χ4v) is 2.62. The van der Waals surface area contributed by atoms with Gasteiger partial charge < -0.3 is 10.2 Å². The number of halogens is 2. The predicted octanol–water partition coefficient (Wildman–Crippen LogP) is 3.74. The molecule has 1 heterocycles. The van der Waals surface area contributed by atoms with Crippen LogP contribution in [0.1, 0.15) is 18.4 Å². The van der Waals surface area contributed by atoms with Crippen LogP contribution in [0.15, 0.2) is 48.5 Å². The number of carbonyl (C=O) groups is 2. The molecular formula is C19H16F2N2O2. The molecule has 1 aliphatic heterocycles. The van der Waals surface area contributed by atoms with E-state index in [0.717, 1.165) is 36.3 Å². The lowest BCUT2D eigenvalue weighted by Gasteiger charge is -2.15. The zero-order valence-corrected chi connectivity index (χ0v) is 13.3. The van der Waals surface area contributed by atoms with Crippen LogP contribution in [-0.4, -0.2) is 18.4 Å². The molecule has 0 bridgehead atoms. The highest BCUT2D eigenvalue weighted by Crippen LogP contribution is 2.22. The van der Waals surface area contributed by atoms with Crippen LogP contribution in [0, 0.1) is 11.6 Å². The fraction of sp³-hybridized carbons (Fsp3) is 0.158. The third-order valence-corrected chi connectivity index (χ3v) is 3.89. The second-order valence-electron chi connectivity index (χ2n) is 5.69. The summed E-state index contributed by atoms with van der Waals surface area (Å²) in [4.78, 5) is 25.3. The number of carbonyl (C=O) groups excluding carboxylic acids is 2. The van der Waals surface area contributed by atoms with Gasteiger partial charge in [0, 0.05) is 30.8 Å². The van der Waals surface area contributed by atoms with Gasteiger partial charge in [0.1, 0.15) is 11.6 Å². The number of amides is 2. The SMILES string of the molecule is O=C(/C=C/c1ccc(N2CCCC2=O)cc1)Nc1ccc(F)cc1F. The number of nitrogens with one attached hydrogen (secondary N) is 1. The molecule has 2 aromatic rings. The number of rotatable bonds is 4. The molecule has 0 unspecified atom stereocenters. The van der Waals surface area contributed by atoms with Crippen LogP contribution in [0.2, 0.25) is 0 Å². The number of nitrogens with zero attached hydrogens (tertiary/aromatic N) is 1. The zero-order chi connectivity index (χ0) is 17.8. The van der Waals surface area contributed by atoms with E-state index in [4.69, 9.17) is 0 Å². The van der Waals surface area contributed by atoms with Gasteiger partial charge >= 0.3 is 0 Å². The molecule has 128 valence electrons. The molecule has 1 saturated heterocycles. The minimum absolute atomic E-state index is 0.0843. The van der Waals surface area contributed by atoms with Gasteiger partial charge in [0.15, 0.2) is 0 Å². The first-order valence-corrected chi connectivity index (χ1v) is 7.87. The molecule has 0 atom stereocenters. The summed E-state index contributed by atoms with van der Waals surface area (Å²) in [5.74, 6) is -1.95. The maximum Gasteiger partial charge on any atom is 0.248 e. The van der Waals surface area contributed by atoms with Crippen LogP contribution >= 0.6 is 0 Å². The van der Waals surface area contributed by atoms with Gasteiger partial charge in [0.05, 0.1) is 5.69 Å². The normalized spacial score (nSPS) is 14.3. The van der Waals surface area contributed by atoms with Crippen LogP contribution in [0.3, 0.4) is 0 Å². The molecule has 1 N–H and O–H groups in total. The summed E-state index contributed by atoms with van der Waals surface area (Å²) in [6.45, 7) is 0.722. The molecular weight excluding hydrogens is 326 g/mol. The summed E-state index contributed by atoms with van der Waals surface area (Å²) in [6, 6.07) is 10.2. The summed E-state index contributed by atoms with van der Waals surface area (Å²) in [5.41, 5.74) is 1.52. The smallest absolute Gasteiger partial charge is 0.248 e. The molecule has 0 aliphatic carbocycles. The van der Waals surface area contributed by atoms with Crippen molar-refractivity contribution in [1.82, 2.24) is 0 Å². The molecule has 25 heavy (non-hydrogen) atoms. The number of anilines is 2. The predicted molar refractivity (Wildman–Crippen MR) is 92.1 cm³/mol. The highest BCUT2D eigenvalue weighted by Gasteiger charge is 2.21. The van der Waals surface area contributed by atoms with E-state index in [9.17, 15) is 18.4 Å². The van der Waals surface area contributed by atoms with Gasteiger partial charge in [0.2, 0.25) is 11.8 Å². The summed E-state index contributed by atoms with van der Waals surface area (Å²) in [7, 11) is 0. The second kappa shape index (κ2) is 7.25. The Hall–Kier alpha value is -3.02. The van der Waals surface area contributed by atoms with Crippen LogP contribution in [-0.2, 0) is 9.59 Å². The summed E-state index contributed by atoms with van der Waals surface area (Å²) >= 11 is 0. The third kappa shape index (κ3) is 4.09. The lowest BCUT2D eigenvalue weighted by molar-refractivity contribution is -0.117. The summed E-state index contributed by atoms with van der Waals surface area (Å²) < 4.78 is 26.3. The van der Waals surface area contributed by atoms with Crippen molar-refractivity contribution in [3.8, 4) is 0 Å². The lowest BCUT2D eigenvalue weighted by atomic mass is 10.2. The Balaban J connectivity index is 1.63. The van der Waals surface area contributed by atoms with Gasteiger partial charge in [0.25, 0.3) is 0 Å². The maximum absolute atomic E-state index is 13.5. The van der Waals surface area contributed by atoms with Crippen LogP contribution in [0.4, 0.5) is 20.2 Å². The van der Waals surface area contributed by atoms with Crippen molar-refractivity contribution >= 4 is 29.3 Å². The van der Waals surface area contributed by atoms with Crippen LogP contribution in [0.25, 0.3) is 6.08 Å². The quantitative estimate of drug-likeness (QED) is 0.861. The highest BCUT2D eigenvalue weighted by atomic mass is 19.1. The zero-order valence-electron chi connectivity index (χ0n) is 13.3. The maximum atomic E-state index is 13.5. The fourth-order valence-electron chi connectivity index (χ4n) is 2.62. The first-order valence-electron chi connectivity index (χ1n) is 7.87. The Bertz CT molecular complexity index is 832. The van der Waals surface area contributed by atoms with E-state index < -0.39 is 17.5 Å². The Morgan fingerprint density at radius 1 is 1.12 bits per heavy atom. The van der Waals surface area contributed by atoms with E-state index in [2.05, 4.69) is 5.32 Å². The second-order valence-corrected chi connectivity index (χ2v) is 5.69. The standard InChI is InChI=1S/C19H16F2N2O2/c20-14-6-9-17(16(21)12-14)22-18(24)10-5-13-3-7-15(8-4-13)23-11-1-2-19(23)25/h3-10,12H,1-2,11H2,(H,22,24)/b10-5+. The van der Waals surface area contributed by atoms with Gasteiger partial charge in [-0.1, -0.05) is 12.1 Å². The topological polar surface area (TPSA) is 49.4 Å². The van der Waals surface area contributed by atoms with Crippen LogP contribution in [0.5, 0.6) is 0 Å². The van der Waals surface area contributed by atoms with E-state index in [1.807, 2.05) is 12.1 Å². The van der Waals surface area contributed by atoms with Crippen molar-refractivity contribution < 1.29 is 18.4 Å². The van der Waals surface area contributed by atoms with Crippen molar-refractivity contribution in [3.05, 3.63) is 65.7 Å². The average molecular weight is 342 g/mol. The third-order valence-electron chi connectivity index (χ3n) is 3.89. The Labute approximate surface area is 143 Å². The van der Waals surface area contributed by atoms with Gasteiger partial charge in [-0.25, -0.2) is 8.78 Å². The molecule has 0 radical (unpaired) electrons. The molecule has 0 spiro atoms. The number of hydrogen-bond donors (Lipinski definition) is 1.